The zero-order valence-electron chi connectivity index (χ0n) is 15.3. The SMILES string of the molecule is CC(C)CS(=O)(=O)N(Cc1ncc(-c2nnc(C(F)F)o2)s1)c1cncc(F)c1. The van der Waals surface area contributed by atoms with Gasteiger partial charge in [0.1, 0.15) is 15.7 Å². The molecule has 0 saturated carbocycles. The second-order valence-corrected chi connectivity index (χ2v) is 9.46. The monoisotopic (exact) mass is 447 g/mol. The minimum Gasteiger partial charge on any atom is -0.414 e. The fourth-order valence-electron chi connectivity index (χ4n) is 2.43. The van der Waals surface area contributed by atoms with Gasteiger partial charge >= 0.3 is 6.43 Å². The van der Waals surface area contributed by atoms with Gasteiger partial charge in [-0.3, -0.25) is 9.29 Å². The molecule has 3 heterocycles. The van der Waals surface area contributed by atoms with Crippen LogP contribution in [0.1, 0.15) is 31.2 Å². The van der Waals surface area contributed by atoms with E-state index in [0.29, 0.717) is 9.88 Å². The van der Waals surface area contributed by atoms with E-state index in [1.807, 2.05) is 0 Å². The first-order valence-electron chi connectivity index (χ1n) is 8.33. The smallest absolute Gasteiger partial charge is 0.314 e. The number of anilines is 1. The van der Waals surface area contributed by atoms with E-state index in [0.717, 1.165) is 27.9 Å². The number of hydrogen-bond donors (Lipinski definition) is 0. The van der Waals surface area contributed by atoms with Crippen LogP contribution in [0, 0.1) is 11.7 Å². The Morgan fingerprint density at radius 1 is 1.21 bits per heavy atom. The number of rotatable bonds is 8. The van der Waals surface area contributed by atoms with Gasteiger partial charge in [-0.05, 0) is 5.92 Å². The zero-order valence-corrected chi connectivity index (χ0v) is 16.9. The Bertz CT molecular complexity index is 1080. The van der Waals surface area contributed by atoms with Crippen molar-refractivity contribution < 1.29 is 26.0 Å². The third-order valence-corrected chi connectivity index (χ3v) is 6.60. The fourth-order valence-corrected chi connectivity index (χ4v) is 5.10. The van der Waals surface area contributed by atoms with Crippen molar-refractivity contribution in [3.8, 4) is 10.8 Å². The first-order chi connectivity index (χ1) is 13.7. The van der Waals surface area contributed by atoms with Gasteiger partial charge in [-0.2, -0.15) is 8.78 Å². The average molecular weight is 447 g/mol. The van der Waals surface area contributed by atoms with Crippen molar-refractivity contribution in [2.24, 2.45) is 5.92 Å². The molecule has 0 atom stereocenters. The minimum atomic E-state index is -3.81. The Morgan fingerprint density at radius 3 is 2.59 bits per heavy atom. The Kier molecular flexibility index (Phi) is 6.17. The van der Waals surface area contributed by atoms with E-state index in [-0.39, 0.29) is 29.8 Å². The zero-order chi connectivity index (χ0) is 21.2. The normalized spacial score (nSPS) is 12.1. The lowest BCUT2D eigenvalue weighted by Gasteiger charge is -2.24. The van der Waals surface area contributed by atoms with E-state index in [1.54, 1.807) is 13.8 Å². The minimum absolute atomic E-state index is 0.0557. The molecule has 29 heavy (non-hydrogen) atoms. The van der Waals surface area contributed by atoms with E-state index >= 15 is 0 Å². The van der Waals surface area contributed by atoms with Crippen molar-refractivity contribution in [3.05, 3.63) is 41.4 Å². The maximum Gasteiger partial charge on any atom is 0.314 e. The number of nitrogens with zero attached hydrogens (tertiary/aromatic N) is 5. The van der Waals surface area contributed by atoms with Gasteiger partial charge in [0.05, 0.1) is 36.6 Å². The van der Waals surface area contributed by atoms with Crippen LogP contribution in [0.5, 0.6) is 0 Å². The van der Waals surface area contributed by atoms with Crippen LogP contribution in [-0.2, 0) is 16.6 Å². The third kappa shape index (κ3) is 5.09. The Hall–Kier alpha value is -2.54. The lowest BCUT2D eigenvalue weighted by Crippen LogP contribution is -2.34. The average Bonchev–Trinajstić information content (AvgIpc) is 3.27. The number of thiazole rings is 1. The molecule has 8 nitrogen and oxygen atoms in total. The van der Waals surface area contributed by atoms with Crippen LogP contribution in [0.25, 0.3) is 10.8 Å². The summed E-state index contributed by atoms with van der Waals surface area (Å²) < 4.78 is 70.4. The highest BCUT2D eigenvalue weighted by atomic mass is 32.2. The van der Waals surface area contributed by atoms with E-state index in [9.17, 15) is 21.6 Å². The molecule has 3 aromatic rings. The molecular formula is C16H16F3N5O3S2. The van der Waals surface area contributed by atoms with Crippen LogP contribution in [0.15, 0.2) is 29.1 Å². The molecule has 0 unspecified atom stereocenters. The summed E-state index contributed by atoms with van der Waals surface area (Å²) in [7, 11) is -3.81. The summed E-state index contributed by atoms with van der Waals surface area (Å²) in [6, 6.07) is 1.06. The topological polar surface area (TPSA) is 102 Å². The van der Waals surface area contributed by atoms with Crippen LogP contribution >= 0.6 is 11.3 Å². The highest BCUT2D eigenvalue weighted by molar-refractivity contribution is 7.92. The molecule has 0 saturated heterocycles. The molecule has 0 spiro atoms. The maximum atomic E-state index is 13.6. The van der Waals surface area contributed by atoms with Crippen molar-refractivity contribution in [2.45, 2.75) is 26.8 Å². The van der Waals surface area contributed by atoms with Crippen LogP contribution < -0.4 is 4.31 Å². The van der Waals surface area contributed by atoms with E-state index in [2.05, 4.69) is 20.2 Å². The fraction of sp³-hybridized carbons (Fsp3) is 0.375. The first-order valence-corrected chi connectivity index (χ1v) is 10.8. The number of hydrogen-bond acceptors (Lipinski definition) is 8. The molecule has 3 rings (SSSR count). The quantitative estimate of drug-likeness (QED) is 0.519. The van der Waals surface area contributed by atoms with Crippen molar-refractivity contribution in [3.63, 3.8) is 0 Å². The van der Waals surface area contributed by atoms with Crippen molar-refractivity contribution in [2.75, 3.05) is 10.1 Å². The van der Waals surface area contributed by atoms with Crippen molar-refractivity contribution in [1.82, 2.24) is 20.2 Å². The first kappa shape index (κ1) is 21.2. The maximum absolute atomic E-state index is 13.6. The van der Waals surface area contributed by atoms with Gasteiger partial charge in [0.2, 0.25) is 10.0 Å². The molecule has 0 bridgehead atoms. The molecule has 0 aliphatic rings. The summed E-state index contributed by atoms with van der Waals surface area (Å²) in [5, 5.41) is 7.12. The molecule has 0 fully saturated rings. The summed E-state index contributed by atoms with van der Waals surface area (Å²) in [5.74, 6) is -1.97. The Balaban J connectivity index is 1.91. The van der Waals surface area contributed by atoms with E-state index in [1.165, 1.54) is 12.4 Å². The summed E-state index contributed by atoms with van der Waals surface area (Å²) in [6.07, 6.45) is 0.622. The molecular weight excluding hydrogens is 431 g/mol. The standard InChI is InChI=1S/C16H16F3N5O3S2/c1-9(2)8-29(25,26)24(11-3-10(17)4-20-5-11)7-13-21-6-12(28-13)15-22-23-16(27-15)14(18)19/h3-6,9,14H,7-8H2,1-2H3. The van der Waals surface area contributed by atoms with Gasteiger partial charge < -0.3 is 4.42 Å². The predicted molar refractivity (Wildman–Crippen MR) is 99.4 cm³/mol. The van der Waals surface area contributed by atoms with Crippen LogP contribution in [0.3, 0.4) is 0 Å². The molecule has 3 aromatic heterocycles. The predicted octanol–water partition coefficient (Wildman–Crippen LogP) is 3.66. The molecule has 0 aliphatic carbocycles. The number of sulfonamides is 1. The van der Waals surface area contributed by atoms with E-state index in [4.69, 9.17) is 4.42 Å². The second kappa shape index (κ2) is 8.45. The third-order valence-electron chi connectivity index (χ3n) is 3.53. The summed E-state index contributed by atoms with van der Waals surface area (Å²) in [6.45, 7) is 3.30. The van der Waals surface area contributed by atoms with E-state index < -0.39 is 28.2 Å². The molecule has 156 valence electrons. The lowest BCUT2D eigenvalue weighted by atomic mass is 10.3. The van der Waals surface area contributed by atoms with Gasteiger partial charge in [-0.1, -0.05) is 13.8 Å². The molecule has 13 heteroatoms. The molecule has 0 aromatic carbocycles. The Morgan fingerprint density at radius 2 is 1.97 bits per heavy atom. The van der Waals surface area contributed by atoms with Crippen LogP contribution in [0.4, 0.5) is 18.9 Å². The van der Waals surface area contributed by atoms with Crippen molar-refractivity contribution in [1.29, 1.82) is 0 Å². The second-order valence-electron chi connectivity index (χ2n) is 6.40. The number of pyridine rings is 1. The largest absolute Gasteiger partial charge is 0.414 e. The number of alkyl halides is 2. The number of aromatic nitrogens is 4. The molecule has 0 radical (unpaired) electrons. The highest BCUT2D eigenvalue weighted by Crippen LogP contribution is 2.30. The van der Waals surface area contributed by atoms with Crippen LogP contribution in [-0.4, -0.2) is 34.3 Å². The van der Waals surface area contributed by atoms with Gasteiger partial charge in [0.15, 0.2) is 0 Å². The molecule has 0 N–H and O–H groups in total. The summed E-state index contributed by atoms with van der Waals surface area (Å²) in [4.78, 5) is 8.12. The lowest BCUT2D eigenvalue weighted by molar-refractivity contribution is 0.116. The van der Waals surface area contributed by atoms with Gasteiger partial charge in [-0.25, -0.2) is 17.8 Å². The molecule has 0 aliphatic heterocycles. The highest BCUT2D eigenvalue weighted by Gasteiger charge is 2.26. The number of halogens is 3. The van der Waals surface area contributed by atoms with Crippen LogP contribution in [0.2, 0.25) is 0 Å². The van der Waals surface area contributed by atoms with Gasteiger partial charge in [-0.15, -0.1) is 21.5 Å². The van der Waals surface area contributed by atoms with Gasteiger partial charge in [0, 0.05) is 6.07 Å². The summed E-state index contributed by atoms with van der Waals surface area (Å²) in [5.41, 5.74) is 0.0557. The summed E-state index contributed by atoms with van der Waals surface area (Å²) >= 11 is 1.00. The molecule has 0 amide bonds. The Labute approximate surface area is 168 Å². The van der Waals surface area contributed by atoms with Crippen molar-refractivity contribution >= 4 is 27.0 Å². The van der Waals surface area contributed by atoms with Gasteiger partial charge in [0.25, 0.3) is 11.8 Å².